The van der Waals surface area contributed by atoms with E-state index in [0.29, 0.717) is 23.5 Å². The summed E-state index contributed by atoms with van der Waals surface area (Å²) in [5.74, 6) is 1.24. The molecule has 2 aromatic rings. The van der Waals surface area contributed by atoms with Crippen molar-refractivity contribution in [2.75, 3.05) is 6.79 Å². The summed E-state index contributed by atoms with van der Waals surface area (Å²) in [4.78, 5) is 0. The molecule has 0 aromatic heterocycles. The first-order valence-corrected chi connectivity index (χ1v) is 10.4. The Bertz CT molecular complexity index is 892. The Morgan fingerprint density at radius 1 is 1.12 bits per heavy atom. The smallest absolute Gasteiger partial charge is 0.231 e. The molecule has 126 valence electrons. The second-order valence-corrected chi connectivity index (χ2v) is 9.22. The highest BCUT2D eigenvalue weighted by Gasteiger charge is 2.32. The van der Waals surface area contributed by atoms with Crippen molar-refractivity contribution in [3.05, 3.63) is 57.6 Å². The van der Waals surface area contributed by atoms with Crippen LogP contribution in [0.3, 0.4) is 0 Å². The number of benzene rings is 2. The molecule has 0 saturated heterocycles. The van der Waals surface area contributed by atoms with E-state index in [0.717, 1.165) is 28.4 Å². The minimum atomic E-state index is -3.32. The van der Waals surface area contributed by atoms with E-state index in [9.17, 15) is 8.42 Å². The van der Waals surface area contributed by atoms with Crippen LogP contribution in [0, 0.1) is 0 Å². The van der Waals surface area contributed by atoms with Crippen LogP contribution in [0.4, 0.5) is 0 Å². The normalized spacial score (nSPS) is 19.1. The van der Waals surface area contributed by atoms with E-state index in [1.54, 1.807) is 12.1 Å². The van der Waals surface area contributed by atoms with E-state index >= 15 is 0 Å². The van der Waals surface area contributed by atoms with Crippen LogP contribution in [-0.4, -0.2) is 15.2 Å². The molecule has 0 spiro atoms. The largest absolute Gasteiger partial charge is 0.454 e. The van der Waals surface area contributed by atoms with E-state index in [4.69, 9.17) is 9.47 Å². The molecular weight excluding hydrogens is 392 g/mol. The van der Waals surface area contributed by atoms with Gasteiger partial charge in [0.1, 0.15) is 0 Å². The fraction of sp³-hybridized carbons (Fsp3) is 0.333. The van der Waals surface area contributed by atoms with Crippen molar-refractivity contribution in [1.29, 1.82) is 0 Å². The van der Waals surface area contributed by atoms with E-state index in [2.05, 4.69) is 15.9 Å². The van der Waals surface area contributed by atoms with Crippen LogP contribution in [0.5, 0.6) is 11.5 Å². The molecule has 0 saturated carbocycles. The lowest BCUT2D eigenvalue weighted by Crippen LogP contribution is -2.20. The Morgan fingerprint density at radius 3 is 2.71 bits per heavy atom. The van der Waals surface area contributed by atoms with Crippen LogP contribution in [-0.2, 0) is 22.0 Å². The zero-order valence-electron chi connectivity index (χ0n) is 13.0. The summed E-state index contributed by atoms with van der Waals surface area (Å²) in [5.41, 5.74) is 2.82. The fourth-order valence-corrected chi connectivity index (χ4v) is 6.13. The Hall–Kier alpha value is -1.53. The summed E-state index contributed by atoms with van der Waals surface area (Å²) in [6.07, 6.45) is 2.54. The van der Waals surface area contributed by atoms with Gasteiger partial charge in [-0.05, 0) is 48.1 Å². The zero-order chi connectivity index (χ0) is 16.7. The minimum absolute atomic E-state index is 0.0107. The molecule has 2 aliphatic rings. The molecule has 0 bridgehead atoms. The van der Waals surface area contributed by atoms with E-state index in [-0.39, 0.29) is 12.5 Å². The quantitative estimate of drug-likeness (QED) is 0.764. The molecule has 1 atom stereocenters. The highest BCUT2D eigenvalue weighted by atomic mass is 79.9. The number of rotatable bonds is 3. The minimum Gasteiger partial charge on any atom is -0.454 e. The van der Waals surface area contributed by atoms with Gasteiger partial charge in [0.25, 0.3) is 0 Å². The third kappa shape index (κ3) is 2.82. The van der Waals surface area contributed by atoms with Crippen molar-refractivity contribution in [1.82, 2.24) is 0 Å². The van der Waals surface area contributed by atoms with Crippen LogP contribution in [0.2, 0.25) is 0 Å². The van der Waals surface area contributed by atoms with Crippen LogP contribution in [0.1, 0.15) is 34.8 Å². The molecule has 0 radical (unpaired) electrons. The van der Waals surface area contributed by atoms with Gasteiger partial charge in [-0.25, -0.2) is 8.42 Å². The number of sulfone groups is 1. The summed E-state index contributed by atoms with van der Waals surface area (Å²) in [7, 11) is -3.32. The van der Waals surface area contributed by atoms with E-state index < -0.39 is 15.1 Å². The summed E-state index contributed by atoms with van der Waals surface area (Å²) < 4.78 is 37.6. The number of halogens is 1. The first kappa shape index (κ1) is 16.0. The van der Waals surface area contributed by atoms with E-state index in [1.165, 1.54) is 0 Å². The van der Waals surface area contributed by atoms with Gasteiger partial charge in [0, 0.05) is 4.47 Å². The lowest BCUT2D eigenvalue weighted by atomic mass is 9.91. The molecule has 6 heteroatoms. The highest BCUT2D eigenvalue weighted by Crippen LogP contribution is 2.41. The monoisotopic (exact) mass is 408 g/mol. The van der Waals surface area contributed by atoms with Crippen molar-refractivity contribution in [3.63, 3.8) is 0 Å². The van der Waals surface area contributed by atoms with Gasteiger partial charge in [-0.2, -0.15) is 0 Å². The summed E-state index contributed by atoms with van der Waals surface area (Å²) >= 11 is 3.46. The second-order valence-electron chi connectivity index (χ2n) is 6.18. The highest BCUT2D eigenvalue weighted by molar-refractivity contribution is 9.10. The maximum absolute atomic E-state index is 13.1. The van der Waals surface area contributed by atoms with Crippen molar-refractivity contribution in [3.8, 4) is 11.5 Å². The number of ether oxygens (including phenoxy) is 2. The van der Waals surface area contributed by atoms with Gasteiger partial charge < -0.3 is 9.47 Å². The Morgan fingerprint density at radius 2 is 1.88 bits per heavy atom. The average molecular weight is 409 g/mol. The maximum Gasteiger partial charge on any atom is 0.231 e. The van der Waals surface area contributed by atoms with Gasteiger partial charge in [0.2, 0.25) is 6.79 Å². The molecule has 0 amide bonds. The first-order chi connectivity index (χ1) is 11.5. The molecule has 0 N–H and O–H groups in total. The second kappa shape index (κ2) is 6.08. The van der Waals surface area contributed by atoms with Crippen LogP contribution in [0.25, 0.3) is 0 Å². The number of fused-ring (bicyclic) bond motifs is 2. The lowest BCUT2D eigenvalue weighted by molar-refractivity contribution is 0.174. The predicted octanol–water partition coefficient (Wildman–Crippen LogP) is 4.17. The van der Waals surface area contributed by atoms with Crippen LogP contribution < -0.4 is 9.47 Å². The van der Waals surface area contributed by atoms with Crippen LogP contribution >= 0.6 is 15.9 Å². The Labute approximate surface area is 149 Å². The van der Waals surface area contributed by atoms with Gasteiger partial charge in [-0.3, -0.25) is 0 Å². The van der Waals surface area contributed by atoms with Gasteiger partial charge in [-0.15, -0.1) is 0 Å². The average Bonchev–Trinajstić information content (AvgIpc) is 3.01. The molecular formula is C18H17BrO4S. The topological polar surface area (TPSA) is 52.6 Å². The molecule has 2 aromatic carbocycles. The number of hydrogen-bond acceptors (Lipinski definition) is 4. The number of hydrogen-bond donors (Lipinski definition) is 0. The first-order valence-electron chi connectivity index (χ1n) is 7.92. The number of aryl methyl sites for hydroxylation is 1. The standard InChI is InChI=1S/C18H17BrO4S/c19-15-9-17-16(22-11-23-17)8-13(15)10-24(20,21)18-7-3-5-12-4-1-2-6-14(12)18/h1-2,4,6,8-9,18H,3,5,7,10-11H2. The van der Waals surface area contributed by atoms with Crippen molar-refractivity contribution >= 4 is 25.8 Å². The molecule has 1 heterocycles. The maximum atomic E-state index is 13.1. The third-order valence-electron chi connectivity index (χ3n) is 4.65. The SMILES string of the molecule is O=S(=O)(Cc1cc2c(cc1Br)OCO2)C1CCCc2ccccc21. The summed E-state index contributed by atoms with van der Waals surface area (Å²) in [6, 6.07) is 11.4. The van der Waals surface area contributed by atoms with Gasteiger partial charge in [-0.1, -0.05) is 40.2 Å². The Kier molecular flexibility index (Phi) is 4.04. The van der Waals surface area contributed by atoms with Gasteiger partial charge in [0.15, 0.2) is 21.3 Å². The summed E-state index contributed by atoms with van der Waals surface area (Å²) in [5, 5.41) is -0.431. The fourth-order valence-electron chi connectivity index (χ4n) is 3.47. The van der Waals surface area contributed by atoms with Crippen LogP contribution in [0.15, 0.2) is 40.9 Å². The summed E-state index contributed by atoms with van der Waals surface area (Å²) in [6.45, 7) is 0.175. The molecule has 24 heavy (non-hydrogen) atoms. The third-order valence-corrected chi connectivity index (χ3v) is 7.45. The predicted molar refractivity (Wildman–Crippen MR) is 95.0 cm³/mol. The molecule has 4 rings (SSSR count). The zero-order valence-corrected chi connectivity index (χ0v) is 15.4. The molecule has 4 nitrogen and oxygen atoms in total. The van der Waals surface area contributed by atoms with Crippen molar-refractivity contribution in [2.24, 2.45) is 0 Å². The molecule has 1 aliphatic carbocycles. The molecule has 1 aliphatic heterocycles. The van der Waals surface area contributed by atoms with Gasteiger partial charge >= 0.3 is 0 Å². The van der Waals surface area contributed by atoms with Gasteiger partial charge in [0.05, 0.1) is 11.0 Å². The van der Waals surface area contributed by atoms with Crippen molar-refractivity contribution < 1.29 is 17.9 Å². The van der Waals surface area contributed by atoms with E-state index in [1.807, 2.05) is 24.3 Å². The van der Waals surface area contributed by atoms with Crippen molar-refractivity contribution in [2.45, 2.75) is 30.3 Å². The lowest BCUT2D eigenvalue weighted by Gasteiger charge is -2.25. The Balaban J connectivity index is 1.68. The molecule has 0 fully saturated rings. The molecule has 1 unspecified atom stereocenters.